The molecule has 0 unspecified atom stereocenters. The van der Waals surface area contributed by atoms with Gasteiger partial charge in [0.1, 0.15) is 12.2 Å². The largest absolute Gasteiger partial charge is 0.493 e. The SMILES string of the molecule is CCCCCCC[C@H](C[C@H](CCc1ccc(OC)c(OC)c1)OC(C)=O)OC(C)=O. The number of rotatable bonds is 15. The number of unbranched alkanes of at least 4 members (excludes halogenated alkanes) is 4. The summed E-state index contributed by atoms with van der Waals surface area (Å²) in [6.07, 6.45) is 7.83. The first-order chi connectivity index (χ1) is 14.4. The van der Waals surface area contributed by atoms with Crippen LogP contribution in [-0.2, 0) is 25.5 Å². The van der Waals surface area contributed by atoms with E-state index in [0.717, 1.165) is 24.8 Å². The summed E-state index contributed by atoms with van der Waals surface area (Å²) in [5.41, 5.74) is 1.06. The van der Waals surface area contributed by atoms with Gasteiger partial charge in [0.05, 0.1) is 14.2 Å². The molecule has 0 saturated heterocycles. The number of hydrogen-bond donors (Lipinski definition) is 0. The van der Waals surface area contributed by atoms with E-state index in [9.17, 15) is 9.59 Å². The molecule has 170 valence electrons. The predicted octanol–water partition coefficient (Wildman–Crippen LogP) is 5.25. The van der Waals surface area contributed by atoms with Crippen LogP contribution in [0.25, 0.3) is 0 Å². The minimum absolute atomic E-state index is 0.237. The zero-order chi connectivity index (χ0) is 22.4. The fourth-order valence-corrected chi connectivity index (χ4v) is 3.55. The molecule has 0 heterocycles. The second-order valence-electron chi connectivity index (χ2n) is 7.63. The lowest BCUT2D eigenvalue weighted by atomic mass is 9.99. The van der Waals surface area contributed by atoms with E-state index < -0.39 is 0 Å². The van der Waals surface area contributed by atoms with Crippen LogP contribution in [0.3, 0.4) is 0 Å². The molecule has 0 radical (unpaired) electrons. The predicted molar refractivity (Wildman–Crippen MR) is 117 cm³/mol. The molecule has 1 aromatic rings. The Morgan fingerprint density at radius 1 is 0.833 bits per heavy atom. The van der Waals surface area contributed by atoms with Crippen LogP contribution in [0, 0.1) is 0 Å². The summed E-state index contributed by atoms with van der Waals surface area (Å²) in [7, 11) is 3.21. The van der Waals surface area contributed by atoms with Crippen LogP contribution < -0.4 is 9.47 Å². The van der Waals surface area contributed by atoms with Gasteiger partial charge in [0.25, 0.3) is 0 Å². The van der Waals surface area contributed by atoms with Gasteiger partial charge in [0.2, 0.25) is 0 Å². The molecule has 2 atom stereocenters. The van der Waals surface area contributed by atoms with E-state index in [4.69, 9.17) is 18.9 Å². The Labute approximate surface area is 181 Å². The number of esters is 2. The van der Waals surface area contributed by atoms with Gasteiger partial charge in [-0.2, -0.15) is 0 Å². The molecule has 0 spiro atoms. The van der Waals surface area contributed by atoms with Gasteiger partial charge in [-0.1, -0.05) is 38.7 Å². The number of methoxy groups -OCH3 is 2. The Balaban J connectivity index is 2.72. The Morgan fingerprint density at radius 3 is 2.00 bits per heavy atom. The second-order valence-corrected chi connectivity index (χ2v) is 7.63. The summed E-state index contributed by atoms with van der Waals surface area (Å²) < 4.78 is 21.7. The molecule has 6 heteroatoms. The van der Waals surface area contributed by atoms with Crippen LogP contribution in [0.4, 0.5) is 0 Å². The van der Waals surface area contributed by atoms with E-state index in [-0.39, 0.29) is 24.1 Å². The zero-order valence-corrected chi connectivity index (χ0v) is 19.2. The van der Waals surface area contributed by atoms with Crippen molar-refractivity contribution in [3.05, 3.63) is 23.8 Å². The lowest BCUT2D eigenvalue weighted by Crippen LogP contribution is -2.27. The first kappa shape index (κ1) is 25.8. The summed E-state index contributed by atoms with van der Waals surface area (Å²) in [5.74, 6) is 0.728. The first-order valence-electron chi connectivity index (χ1n) is 10.9. The molecule has 1 aromatic carbocycles. The molecule has 0 bridgehead atoms. The van der Waals surface area contributed by atoms with Gasteiger partial charge in [-0.3, -0.25) is 9.59 Å². The summed E-state index contributed by atoms with van der Waals surface area (Å²) >= 11 is 0. The summed E-state index contributed by atoms with van der Waals surface area (Å²) in [4.78, 5) is 23.2. The number of hydrogen-bond acceptors (Lipinski definition) is 6. The molecule has 0 fully saturated rings. The molecule has 0 aromatic heterocycles. The van der Waals surface area contributed by atoms with Crippen molar-refractivity contribution in [2.75, 3.05) is 14.2 Å². The third-order valence-corrected chi connectivity index (χ3v) is 5.02. The summed E-state index contributed by atoms with van der Waals surface area (Å²) in [6.45, 7) is 5.02. The molecule has 6 nitrogen and oxygen atoms in total. The van der Waals surface area contributed by atoms with Gasteiger partial charge in [-0.05, 0) is 43.4 Å². The Morgan fingerprint density at radius 2 is 1.43 bits per heavy atom. The van der Waals surface area contributed by atoms with Crippen molar-refractivity contribution in [1.29, 1.82) is 0 Å². The number of ether oxygens (including phenoxy) is 4. The van der Waals surface area contributed by atoms with Gasteiger partial charge >= 0.3 is 11.9 Å². The topological polar surface area (TPSA) is 71.1 Å². The molecule has 0 aliphatic carbocycles. The molecule has 0 saturated carbocycles. The van der Waals surface area contributed by atoms with Crippen molar-refractivity contribution >= 4 is 11.9 Å². The fraction of sp³-hybridized carbons (Fsp3) is 0.667. The third kappa shape index (κ3) is 10.5. The third-order valence-electron chi connectivity index (χ3n) is 5.02. The van der Waals surface area contributed by atoms with Crippen molar-refractivity contribution in [2.24, 2.45) is 0 Å². The molecule has 1 rings (SSSR count). The average Bonchev–Trinajstić information content (AvgIpc) is 2.70. The number of benzene rings is 1. The van der Waals surface area contributed by atoms with E-state index in [1.165, 1.54) is 33.1 Å². The number of aryl methyl sites for hydroxylation is 1. The van der Waals surface area contributed by atoms with Gasteiger partial charge in [0, 0.05) is 20.3 Å². The first-order valence-corrected chi connectivity index (χ1v) is 10.9. The van der Waals surface area contributed by atoms with Crippen molar-refractivity contribution < 1.29 is 28.5 Å². The van der Waals surface area contributed by atoms with Gasteiger partial charge in [0.15, 0.2) is 11.5 Å². The molecule has 0 aliphatic heterocycles. The highest BCUT2D eigenvalue weighted by Gasteiger charge is 2.21. The quantitative estimate of drug-likeness (QED) is 0.284. The van der Waals surface area contributed by atoms with Crippen molar-refractivity contribution in [3.8, 4) is 11.5 Å². The van der Waals surface area contributed by atoms with Crippen LogP contribution in [-0.4, -0.2) is 38.4 Å². The lowest BCUT2D eigenvalue weighted by molar-refractivity contribution is -0.153. The van der Waals surface area contributed by atoms with Gasteiger partial charge in [-0.25, -0.2) is 0 Å². The maximum atomic E-state index is 11.6. The highest BCUT2D eigenvalue weighted by atomic mass is 16.6. The molecular weight excluding hydrogens is 384 g/mol. The molecule has 0 aliphatic rings. The van der Waals surface area contributed by atoms with Crippen molar-refractivity contribution in [2.45, 2.75) is 90.8 Å². The highest BCUT2D eigenvalue weighted by Crippen LogP contribution is 2.28. The maximum Gasteiger partial charge on any atom is 0.302 e. The minimum atomic E-state index is -0.322. The van der Waals surface area contributed by atoms with Crippen LogP contribution in [0.2, 0.25) is 0 Å². The van der Waals surface area contributed by atoms with Crippen molar-refractivity contribution in [3.63, 3.8) is 0 Å². The van der Waals surface area contributed by atoms with Crippen LogP contribution >= 0.6 is 0 Å². The van der Waals surface area contributed by atoms with Crippen LogP contribution in [0.5, 0.6) is 11.5 Å². The molecule has 0 N–H and O–H groups in total. The van der Waals surface area contributed by atoms with Gasteiger partial charge < -0.3 is 18.9 Å². The maximum absolute atomic E-state index is 11.6. The smallest absolute Gasteiger partial charge is 0.302 e. The van der Waals surface area contributed by atoms with E-state index in [1.54, 1.807) is 14.2 Å². The average molecular weight is 423 g/mol. The molecular formula is C24H38O6. The van der Waals surface area contributed by atoms with Gasteiger partial charge in [-0.15, -0.1) is 0 Å². The number of carbonyl (C=O) groups is 2. The van der Waals surface area contributed by atoms with E-state index >= 15 is 0 Å². The second kappa shape index (κ2) is 14.7. The summed E-state index contributed by atoms with van der Waals surface area (Å²) in [6, 6.07) is 5.78. The molecule has 30 heavy (non-hydrogen) atoms. The minimum Gasteiger partial charge on any atom is -0.493 e. The van der Waals surface area contributed by atoms with E-state index in [1.807, 2.05) is 18.2 Å². The monoisotopic (exact) mass is 422 g/mol. The number of carbonyl (C=O) groups excluding carboxylic acids is 2. The lowest BCUT2D eigenvalue weighted by Gasteiger charge is -2.23. The Kier molecular flexibility index (Phi) is 12.6. The summed E-state index contributed by atoms with van der Waals surface area (Å²) in [5, 5.41) is 0. The van der Waals surface area contributed by atoms with Crippen molar-refractivity contribution in [1.82, 2.24) is 0 Å². The Bertz CT molecular complexity index is 643. The Hall–Kier alpha value is -2.24. The highest BCUT2D eigenvalue weighted by molar-refractivity contribution is 5.66. The van der Waals surface area contributed by atoms with Crippen LogP contribution in [0.15, 0.2) is 18.2 Å². The fourth-order valence-electron chi connectivity index (χ4n) is 3.55. The normalized spacial score (nSPS) is 12.7. The zero-order valence-electron chi connectivity index (χ0n) is 19.2. The van der Waals surface area contributed by atoms with E-state index in [0.29, 0.717) is 30.8 Å². The van der Waals surface area contributed by atoms with E-state index in [2.05, 4.69) is 6.92 Å². The standard InChI is InChI=1S/C24H38O6/c1-6-7-8-9-10-11-21(29-18(2)25)17-22(30-19(3)26)14-12-20-13-15-23(27-4)24(16-20)28-5/h13,15-16,21-22H,6-12,14,17H2,1-5H3/t21-,22+/m1/s1. The molecule has 0 amide bonds. The van der Waals surface area contributed by atoms with Crippen LogP contribution in [0.1, 0.15) is 77.7 Å².